The minimum atomic E-state index is -0.160. The van der Waals surface area contributed by atoms with E-state index in [0.29, 0.717) is 15.9 Å². The molecule has 27 heavy (non-hydrogen) atoms. The summed E-state index contributed by atoms with van der Waals surface area (Å²) >= 11 is 7.48. The zero-order chi connectivity index (χ0) is 19.4. The molecule has 0 unspecified atom stereocenters. The Labute approximate surface area is 166 Å². The number of anilines is 1. The minimum Gasteiger partial charge on any atom is -0.497 e. The van der Waals surface area contributed by atoms with E-state index in [4.69, 9.17) is 16.3 Å². The van der Waals surface area contributed by atoms with Crippen LogP contribution < -0.4 is 10.1 Å². The van der Waals surface area contributed by atoms with Crippen LogP contribution in [-0.2, 0) is 4.79 Å². The number of aryl methyl sites for hydroxylation is 2. The fourth-order valence-electron chi connectivity index (χ4n) is 2.50. The smallest absolute Gasteiger partial charge is 0.234 e. The molecule has 140 valence electrons. The van der Waals surface area contributed by atoms with Gasteiger partial charge in [0.05, 0.1) is 23.6 Å². The van der Waals surface area contributed by atoms with Gasteiger partial charge in [-0.05, 0) is 55.8 Å². The summed E-state index contributed by atoms with van der Waals surface area (Å²) in [4.78, 5) is 12.3. The number of rotatable bonds is 6. The summed E-state index contributed by atoms with van der Waals surface area (Å²) in [7, 11) is 1.62. The molecule has 0 aliphatic rings. The van der Waals surface area contributed by atoms with Crippen LogP contribution in [0, 0.1) is 13.8 Å². The molecule has 0 aliphatic carbocycles. The first-order valence-electron chi connectivity index (χ1n) is 8.23. The molecule has 1 N–H and O–H groups in total. The number of ether oxygens (including phenoxy) is 1. The fraction of sp³-hybridized carbons (Fsp3) is 0.211. The van der Waals surface area contributed by atoms with Gasteiger partial charge in [0.1, 0.15) is 11.6 Å². The van der Waals surface area contributed by atoms with Crippen molar-refractivity contribution < 1.29 is 9.53 Å². The number of hydrogen-bond acceptors (Lipinski definition) is 5. The maximum atomic E-state index is 12.3. The van der Waals surface area contributed by atoms with E-state index in [-0.39, 0.29) is 11.7 Å². The number of thioether (sulfide) groups is 1. The normalized spacial score (nSPS) is 10.7. The second-order valence-electron chi connectivity index (χ2n) is 5.88. The Morgan fingerprint density at radius 3 is 2.59 bits per heavy atom. The molecular weight excluding hydrogens is 384 g/mol. The third kappa shape index (κ3) is 4.61. The summed E-state index contributed by atoms with van der Waals surface area (Å²) in [6.07, 6.45) is 0. The lowest BCUT2D eigenvalue weighted by Gasteiger charge is -2.10. The first-order chi connectivity index (χ1) is 13.0. The zero-order valence-electron chi connectivity index (χ0n) is 15.2. The number of carbonyl (C=O) groups excluding carboxylic acids is 1. The molecule has 0 atom stereocenters. The molecule has 3 rings (SSSR count). The Kier molecular flexibility index (Phi) is 6.03. The third-order valence-electron chi connectivity index (χ3n) is 3.86. The maximum absolute atomic E-state index is 12.3. The monoisotopic (exact) mass is 402 g/mol. The molecule has 1 aromatic heterocycles. The van der Waals surface area contributed by atoms with Gasteiger partial charge in [-0.15, -0.1) is 10.2 Å². The molecule has 1 amide bonds. The van der Waals surface area contributed by atoms with Crippen molar-refractivity contribution >= 4 is 35.0 Å². The standard InChI is InChI=1S/C19H19ClN4O2S/c1-12-4-9-17(16(20)10-12)21-18(25)11-27-19-23-22-13(2)24(19)14-5-7-15(26-3)8-6-14/h4-10H,11H2,1-3H3,(H,21,25). The SMILES string of the molecule is COc1ccc(-n2c(C)nnc2SCC(=O)Nc2ccc(C)cc2Cl)cc1. The highest BCUT2D eigenvalue weighted by Gasteiger charge is 2.14. The molecule has 0 fully saturated rings. The number of halogens is 1. The third-order valence-corrected chi connectivity index (χ3v) is 5.10. The van der Waals surface area contributed by atoms with Crippen molar-refractivity contribution in [3.8, 4) is 11.4 Å². The van der Waals surface area contributed by atoms with Crippen LogP contribution in [0.4, 0.5) is 5.69 Å². The van der Waals surface area contributed by atoms with E-state index in [9.17, 15) is 4.79 Å². The molecular formula is C19H19ClN4O2S. The van der Waals surface area contributed by atoms with Gasteiger partial charge in [0.2, 0.25) is 5.91 Å². The molecule has 8 heteroatoms. The topological polar surface area (TPSA) is 69.0 Å². The number of aromatic nitrogens is 3. The zero-order valence-corrected chi connectivity index (χ0v) is 16.8. The van der Waals surface area contributed by atoms with Gasteiger partial charge in [-0.2, -0.15) is 0 Å². The molecule has 0 spiro atoms. The highest BCUT2D eigenvalue weighted by molar-refractivity contribution is 7.99. The van der Waals surface area contributed by atoms with Crippen molar-refractivity contribution in [3.63, 3.8) is 0 Å². The van der Waals surface area contributed by atoms with E-state index < -0.39 is 0 Å². The van der Waals surface area contributed by atoms with Crippen molar-refractivity contribution in [2.75, 3.05) is 18.2 Å². The molecule has 1 heterocycles. The molecule has 0 radical (unpaired) electrons. The van der Waals surface area contributed by atoms with E-state index in [2.05, 4.69) is 15.5 Å². The number of nitrogens with one attached hydrogen (secondary N) is 1. The molecule has 0 bridgehead atoms. The van der Waals surface area contributed by atoms with Gasteiger partial charge in [0, 0.05) is 5.69 Å². The predicted molar refractivity (Wildman–Crippen MR) is 108 cm³/mol. The second kappa shape index (κ2) is 8.45. The van der Waals surface area contributed by atoms with Crippen LogP contribution in [-0.4, -0.2) is 33.5 Å². The van der Waals surface area contributed by atoms with Crippen molar-refractivity contribution in [1.82, 2.24) is 14.8 Å². The van der Waals surface area contributed by atoms with Crippen molar-refractivity contribution in [1.29, 1.82) is 0 Å². The van der Waals surface area contributed by atoms with Crippen molar-refractivity contribution in [3.05, 3.63) is 58.9 Å². The van der Waals surface area contributed by atoms with Gasteiger partial charge >= 0.3 is 0 Å². The number of carbonyl (C=O) groups is 1. The van der Waals surface area contributed by atoms with E-state index >= 15 is 0 Å². The number of amides is 1. The highest BCUT2D eigenvalue weighted by Crippen LogP contribution is 2.25. The van der Waals surface area contributed by atoms with Crippen LogP contribution >= 0.6 is 23.4 Å². The number of benzene rings is 2. The lowest BCUT2D eigenvalue weighted by molar-refractivity contribution is -0.113. The van der Waals surface area contributed by atoms with Crippen LogP contribution in [0.2, 0.25) is 5.02 Å². The minimum absolute atomic E-state index is 0.160. The Hall–Kier alpha value is -2.51. The summed E-state index contributed by atoms with van der Waals surface area (Å²) in [6, 6.07) is 13.1. The Balaban J connectivity index is 1.70. The molecule has 2 aromatic carbocycles. The average molecular weight is 403 g/mol. The van der Waals surface area contributed by atoms with Gasteiger partial charge in [-0.25, -0.2) is 0 Å². The Morgan fingerprint density at radius 1 is 1.19 bits per heavy atom. The molecule has 0 saturated carbocycles. The average Bonchev–Trinajstić information content (AvgIpc) is 3.03. The lowest BCUT2D eigenvalue weighted by atomic mass is 10.2. The Morgan fingerprint density at radius 2 is 1.93 bits per heavy atom. The quantitative estimate of drug-likeness (QED) is 0.623. The van der Waals surface area contributed by atoms with Crippen LogP contribution in [0.25, 0.3) is 5.69 Å². The van der Waals surface area contributed by atoms with Gasteiger partial charge in [-0.1, -0.05) is 29.4 Å². The molecule has 0 aliphatic heterocycles. The van der Waals surface area contributed by atoms with Crippen LogP contribution in [0.5, 0.6) is 5.75 Å². The van der Waals surface area contributed by atoms with Crippen LogP contribution in [0.3, 0.4) is 0 Å². The summed E-state index contributed by atoms with van der Waals surface area (Å²) in [5.74, 6) is 1.55. The van der Waals surface area contributed by atoms with E-state index in [1.807, 2.05) is 54.8 Å². The summed E-state index contributed by atoms with van der Waals surface area (Å²) in [6.45, 7) is 3.81. The lowest BCUT2D eigenvalue weighted by Crippen LogP contribution is -2.15. The van der Waals surface area contributed by atoms with Gasteiger partial charge < -0.3 is 10.1 Å². The van der Waals surface area contributed by atoms with E-state index in [1.54, 1.807) is 13.2 Å². The first kappa shape index (κ1) is 19.3. The highest BCUT2D eigenvalue weighted by atomic mass is 35.5. The number of nitrogens with zero attached hydrogens (tertiary/aromatic N) is 3. The Bertz CT molecular complexity index is 957. The van der Waals surface area contributed by atoms with Gasteiger partial charge in [0.25, 0.3) is 0 Å². The first-order valence-corrected chi connectivity index (χ1v) is 9.59. The molecule has 0 saturated heterocycles. The van der Waals surface area contributed by atoms with Gasteiger partial charge in [-0.3, -0.25) is 9.36 Å². The largest absolute Gasteiger partial charge is 0.497 e. The second-order valence-corrected chi connectivity index (χ2v) is 7.23. The van der Waals surface area contributed by atoms with E-state index in [0.717, 1.165) is 22.8 Å². The maximum Gasteiger partial charge on any atom is 0.234 e. The van der Waals surface area contributed by atoms with Crippen LogP contribution in [0.1, 0.15) is 11.4 Å². The van der Waals surface area contributed by atoms with Crippen molar-refractivity contribution in [2.24, 2.45) is 0 Å². The number of methoxy groups -OCH3 is 1. The molecule has 3 aromatic rings. The van der Waals surface area contributed by atoms with Crippen LogP contribution in [0.15, 0.2) is 47.6 Å². The summed E-state index contributed by atoms with van der Waals surface area (Å²) in [5, 5.41) is 12.3. The fourth-order valence-corrected chi connectivity index (χ4v) is 3.58. The van der Waals surface area contributed by atoms with E-state index in [1.165, 1.54) is 11.8 Å². The number of hydrogen-bond donors (Lipinski definition) is 1. The molecule has 6 nitrogen and oxygen atoms in total. The summed E-state index contributed by atoms with van der Waals surface area (Å²) in [5.41, 5.74) is 2.54. The van der Waals surface area contributed by atoms with Crippen molar-refractivity contribution in [2.45, 2.75) is 19.0 Å². The summed E-state index contributed by atoms with van der Waals surface area (Å²) < 4.78 is 7.09. The van der Waals surface area contributed by atoms with Gasteiger partial charge in [0.15, 0.2) is 5.16 Å². The predicted octanol–water partition coefficient (Wildman–Crippen LogP) is 4.28.